The fraction of sp³-hybridized carbons (Fsp3) is 0.0625. The fourth-order valence-electron chi connectivity index (χ4n) is 1.98. The summed E-state index contributed by atoms with van der Waals surface area (Å²) in [6.07, 6.45) is 0. The molecule has 0 saturated heterocycles. The van der Waals surface area contributed by atoms with Gasteiger partial charge in [-0.1, -0.05) is 30.3 Å². The van der Waals surface area contributed by atoms with E-state index in [1.807, 2.05) is 0 Å². The second-order valence-electron chi connectivity index (χ2n) is 4.65. The van der Waals surface area contributed by atoms with Crippen molar-refractivity contribution in [1.29, 1.82) is 0 Å². The zero-order chi connectivity index (χ0) is 16.8. The molecule has 7 heteroatoms. The number of nitrogens with two attached hydrogens (primary N) is 2. The summed E-state index contributed by atoms with van der Waals surface area (Å²) >= 11 is 0. The summed E-state index contributed by atoms with van der Waals surface area (Å²) in [5, 5.41) is 2.49. The molecule has 0 atom stereocenters. The van der Waals surface area contributed by atoms with Gasteiger partial charge in [0.2, 0.25) is 5.91 Å². The number of hydrogen-bond donors (Lipinski definition) is 3. The molecule has 2 aromatic carbocycles. The molecule has 5 N–H and O–H groups in total. The Balaban J connectivity index is 2.45. The van der Waals surface area contributed by atoms with E-state index in [-0.39, 0.29) is 29.1 Å². The second-order valence-corrected chi connectivity index (χ2v) is 4.65. The van der Waals surface area contributed by atoms with Gasteiger partial charge in [-0.25, -0.2) is 4.79 Å². The first-order valence-corrected chi connectivity index (χ1v) is 6.71. The Hall–Kier alpha value is -3.03. The van der Waals surface area contributed by atoms with Crippen LogP contribution < -0.4 is 16.9 Å². The number of nitrogens with one attached hydrogen (secondary N) is 1. The van der Waals surface area contributed by atoms with E-state index in [1.165, 1.54) is 18.2 Å². The average molecular weight is 313 g/mol. The largest absolute Gasteiger partial charge is 0.370 e. The van der Waals surface area contributed by atoms with Gasteiger partial charge in [-0.3, -0.25) is 9.59 Å². The number of benzene rings is 2. The lowest BCUT2D eigenvalue weighted by Gasteiger charge is -2.09. The van der Waals surface area contributed by atoms with Gasteiger partial charge in [-0.15, -0.1) is 0 Å². The molecule has 0 unspecified atom stereocenters. The second kappa shape index (κ2) is 7.30. The van der Waals surface area contributed by atoms with Crippen LogP contribution in [-0.2, 0) is 9.63 Å². The molecule has 0 fully saturated rings. The molecule has 0 aliphatic heterocycles. The quantitative estimate of drug-likeness (QED) is 0.555. The molecule has 0 saturated carbocycles. The van der Waals surface area contributed by atoms with Crippen LogP contribution in [0.1, 0.15) is 26.3 Å². The highest BCUT2D eigenvalue weighted by Crippen LogP contribution is 2.19. The molecule has 2 rings (SSSR count). The average Bonchev–Trinajstić information content (AvgIpc) is 2.60. The Morgan fingerprint density at radius 2 is 1.61 bits per heavy atom. The zero-order valence-corrected chi connectivity index (χ0v) is 12.1. The van der Waals surface area contributed by atoms with E-state index >= 15 is 0 Å². The van der Waals surface area contributed by atoms with Crippen LogP contribution in [0.15, 0.2) is 48.5 Å². The number of amides is 1. The maximum Gasteiger partial charge on any atom is 0.356 e. The van der Waals surface area contributed by atoms with Gasteiger partial charge in [0.1, 0.15) is 0 Å². The maximum absolute atomic E-state index is 12.5. The number of carbonyl (C=O) groups is 3. The van der Waals surface area contributed by atoms with Crippen LogP contribution in [-0.4, -0.2) is 24.2 Å². The van der Waals surface area contributed by atoms with Crippen molar-refractivity contribution >= 4 is 23.3 Å². The van der Waals surface area contributed by atoms with Crippen molar-refractivity contribution in [1.82, 2.24) is 0 Å². The first-order valence-electron chi connectivity index (χ1n) is 6.71. The summed E-state index contributed by atoms with van der Waals surface area (Å²) in [4.78, 5) is 39.7. The first-order chi connectivity index (χ1) is 11.0. The molecule has 0 aliphatic carbocycles. The smallest absolute Gasteiger partial charge is 0.356 e. The molecule has 0 spiro atoms. The van der Waals surface area contributed by atoms with Gasteiger partial charge in [0.05, 0.1) is 12.1 Å². The van der Waals surface area contributed by atoms with E-state index in [9.17, 15) is 14.4 Å². The normalized spacial score (nSPS) is 10.0. The van der Waals surface area contributed by atoms with Gasteiger partial charge in [0.25, 0.3) is 0 Å². The van der Waals surface area contributed by atoms with E-state index in [0.29, 0.717) is 5.56 Å². The molecule has 0 radical (unpaired) electrons. The standard InChI is InChI=1S/C16H15N3O4/c17-9-14(20)19-13-7-11(6-12(8-13)16(22)23-18)15(21)10-4-2-1-3-5-10/h1-8H,9,17-18H2,(H,19,20). The predicted molar refractivity (Wildman–Crippen MR) is 83.6 cm³/mol. The third-order valence-electron chi connectivity index (χ3n) is 3.04. The summed E-state index contributed by atoms with van der Waals surface area (Å²) in [6.45, 7) is -0.229. The molecule has 118 valence electrons. The Bertz CT molecular complexity index is 744. The van der Waals surface area contributed by atoms with Crippen molar-refractivity contribution in [3.8, 4) is 0 Å². The minimum absolute atomic E-state index is 0.0432. The summed E-state index contributed by atoms with van der Waals surface area (Å²) in [6, 6.07) is 12.7. The number of hydrogen-bond acceptors (Lipinski definition) is 6. The highest BCUT2D eigenvalue weighted by atomic mass is 16.7. The molecule has 23 heavy (non-hydrogen) atoms. The van der Waals surface area contributed by atoms with Crippen LogP contribution in [0.2, 0.25) is 0 Å². The third kappa shape index (κ3) is 4.00. The highest BCUT2D eigenvalue weighted by Gasteiger charge is 2.15. The van der Waals surface area contributed by atoms with Gasteiger partial charge in [-0.2, -0.15) is 5.90 Å². The summed E-state index contributed by atoms with van der Waals surface area (Å²) in [7, 11) is 0. The van der Waals surface area contributed by atoms with Gasteiger partial charge in [0.15, 0.2) is 5.78 Å². The minimum Gasteiger partial charge on any atom is -0.370 e. The van der Waals surface area contributed by atoms with Gasteiger partial charge < -0.3 is 15.9 Å². The first kappa shape index (κ1) is 16.3. The third-order valence-corrected chi connectivity index (χ3v) is 3.04. The van der Waals surface area contributed by atoms with Crippen LogP contribution in [0.5, 0.6) is 0 Å². The fourth-order valence-corrected chi connectivity index (χ4v) is 1.98. The lowest BCUT2D eigenvalue weighted by Crippen LogP contribution is -2.22. The van der Waals surface area contributed by atoms with E-state index in [0.717, 1.165) is 0 Å². The van der Waals surface area contributed by atoms with Crippen LogP contribution in [0.4, 0.5) is 5.69 Å². The predicted octanol–water partition coefficient (Wildman–Crippen LogP) is 0.845. The number of carbonyl (C=O) groups excluding carboxylic acids is 3. The van der Waals surface area contributed by atoms with Gasteiger partial charge in [0, 0.05) is 16.8 Å². The summed E-state index contributed by atoms with van der Waals surface area (Å²) < 4.78 is 0. The molecule has 0 aliphatic rings. The molecule has 1 amide bonds. The van der Waals surface area contributed by atoms with Crippen LogP contribution >= 0.6 is 0 Å². The van der Waals surface area contributed by atoms with Crippen molar-refractivity contribution < 1.29 is 19.2 Å². The van der Waals surface area contributed by atoms with Gasteiger partial charge in [-0.05, 0) is 18.2 Å². The molecule has 2 aromatic rings. The van der Waals surface area contributed by atoms with E-state index in [2.05, 4.69) is 10.2 Å². The Morgan fingerprint density at radius 3 is 2.22 bits per heavy atom. The van der Waals surface area contributed by atoms with Crippen molar-refractivity contribution in [3.05, 3.63) is 65.2 Å². The van der Waals surface area contributed by atoms with Crippen LogP contribution in [0, 0.1) is 0 Å². The minimum atomic E-state index is -0.823. The lowest BCUT2D eigenvalue weighted by atomic mass is 10.0. The number of ketones is 1. The monoisotopic (exact) mass is 313 g/mol. The Morgan fingerprint density at radius 1 is 0.957 bits per heavy atom. The SMILES string of the molecule is NCC(=O)Nc1cc(C(=O)ON)cc(C(=O)c2ccccc2)c1. The van der Waals surface area contributed by atoms with Crippen molar-refractivity contribution in [2.45, 2.75) is 0 Å². The van der Waals surface area contributed by atoms with Crippen LogP contribution in [0.3, 0.4) is 0 Å². The highest BCUT2D eigenvalue weighted by molar-refractivity contribution is 6.11. The van der Waals surface area contributed by atoms with E-state index < -0.39 is 11.9 Å². The number of anilines is 1. The van der Waals surface area contributed by atoms with Crippen molar-refractivity contribution in [2.75, 3.05) is 11.9 Å². The molecule has 0 bridgehead atoms. The summed E-state index contributed by atoms with van der Waals surface area (Å²) in [5.74, 6) is 3.29. The Labute approximate surface area is 132 Å². The van der Waals surface area contributed by atoms with Crippen LogP contribution in [0.25, 0.3) is 0 Å². The number of rotatable bonds is 5. The van der Waals surface area contributed by atoms with Crippen molar-refractivity contribution in [2.24, 2.45) is 11.6 Å². The van der Waals surface area contributed by atoms with E-state index in [4.69, 9.17) is 11.6 Å². The topological polar surface area (TPSA) is 125 Å². The molecule has 7 nitrogen and oxygen atoms in total. The molecular formula is C16H15N3O4. The Kier molecular flexibility index (Phi) is 5.19. The lowest BCUT2D eigenvalue weighted by molar-refractivity contribution is -0.114. The molecular weight excluding hydrogens is 298 g/mol. The van der Waals surface area contributed by atoms with Gasteiger partial charge >= 0.3 is 5.97 Å². The molecule has 0 aromatic heterocycles. The van der Waals surface area contributed by atoms with E-state index in [1.54, 1.807) is 30.3 Å². The summed E-state index contributed by atoms with van der Waals surface area (Å²) in [5.41, 5.74) is 6.20. The molecule has 0 heterocycles. The van der Waals surface area contributed by atoms with Crippen molar-refractivity contribution in [3.63, 3.8) is 0 Å². The maximum atomic E-state index is 12.5. The zero-order valence-electron chi connectivity index (χ0n) is 12.1.